The van der Waals surface area contributed by atoms with Crippen LogP contribution in [0.25, 0.3) is 11.4 Å². The van der Waals surface area contributed by atoms with E-state index in [1.54, 1.807) is 12.4 Å². The molecule has 0 bridgehead atoms. The first-order valence-corrected chi connectivity index (χ1v) is 9.77. The highest BCUT2D eigenvalue weighted by atomic mass is 16.5. The summed E-state index contributed by atoms with van der Waals surface area (Å²) in [6, 6.07) is 14.1. The van der Waals surface area contributed by atoms with Crippen LogP contribution in [0.2, 0.25) is 0 Å². The van der Waals surface area contributed by atoms with Gasteiger partial charge in [0.1, 0.15) is 0 Å². The van der Waals surface area contributed by atoms with Crippen molar-refractivity contribution >= 4 is 5.91 Å². The molecular formula is C22H24N4O2. The molecule has 3 aromatic rings. The largest absolute Gasteiger partial charge is 0.339 e. The molecule has 1 saturated carbocycles. The molecule has 1 aromatic carbocycles. The number of benzene rings is 1. The van der Waals surface area contributed by atoms with Gasteiger partial charge in [0.05, 0.1) is 0 Å². The Hall–Kier alpha value is -3.02. The summed E-state index contributed by atoms with van der Waals surface area (Å²) < 4.78 is 5.34. The van der Waals surface area contributed by atoms with E-state index >= 15 is 0 Å². The molecule has 2 aromatic heterocycles. The number of hydrogen-bond acceptors (Lipinski definition) is 5. The fourth-order valence-electron chi connectivity index (χ4n) is 3.40. The third kappa shape index (κ3) is 4.44. The van der Waals surface area contributed by atoms with Gasteiger partial charge < -0.3 is 9.42 Å². The molecule has 4 rings (SSSR count). The zero-order valence-corrected chi connectivity index (χ0v) is 16.0. The molecule has 0 spiro atoms. The van der Waals surface area contributed by atoms with E-state index in [1.807, 2.05) is 35.2 Å². The van der Waals surface area contributed by atoms with Gasteiger partial charge in [-0.25, -0.2) is 0 Å². The Morgan fingerprint density at radius 1 is 1.18 bits per heavy atom. The molecule has 144 valence electrons. The predicted molar refractivity (Wildman–Crippen MR) is 105 cm³/mol. The Balaban J connectivity index is 1.41. The summed E-state index contributed by atoms with van der Waals surface area (Å²) >= 11 is 0. The van der Waals surface area contributed by atoms with E-state index in [2.05, 4.69) is 34.2 Å². The number of amides is 1. The number of aromatic nitrogens is 3. The number of pyridine rings is 1. The predicted octanol–water partition coefficient (Wildman–Crippen LogP) is 3.89. The Morgan fingerprint density at radius 3 is 2.64 bits per heavy atom. The number of carbonyl (C=O) groups is 1. The van der Waals surface area contributed by atoms with E-state index < -0.39 is 0 Å². The maximum Gasteiger partial charge on any atom is 0.227 e. The van der Waals surface area contributed by atoms with Gasteiger partial charge in [0.15, 0.2) is 0 Å². The SMILES string of the molecule is CC(C1CC1)N(Cc1ccccc1)C(=O)CCc1nc(-c2ccncc2)no1. The van der Waals surface area contributed by atoms with Gasteiger partial charge in [-0.2, -0.15) is 4.98 Å². The number of rotatable bonds is 8. The fraction of sp³-hybridized carbons (Fsp3) is 0.364. The number of aryl methyl sites for hydroxylation is 1. The van der Waals surface area contributed by atoms with Crippen molar-refractivity contribution in [1.29, 1.82) is 0 Å². The molecule has 6 heteroatoms. The average molecular weight is 376 g/mol. The number of carbonyl (C=O) groups excluding carboxylic acids is 1. The second-order valence-corrected chi connectivity index (χ2v) is 7.33. The van der Waals surface area contributed by atoms with Crippen LogP contribution in [0.5, 0.6) is 0 Å². The Labute approximate surface area is 164 Å². The van der Waals surface area contributed by atoms with Crippen LogP contribution in [0.3, 0.4) is 0 Å². The van der Waals surface area contributed by atoms with Crippen LogP contribution in [0, 0.1) is 5.92 Å². The Kier molecular flexibility index (Phi) is 5.46. The monoisotopic (exact) mass is 376 g/mol. The molecule has 0 radical (unpaired) electrons. The van der Waals surface area contributed by atoms with E-state index in [0.717, 1.165) is 11.1 Å². The van der Waals surface area contributed by atoms with Crippen LogP contribution in [0.15, 0.2) is 59.4 Å². The molecule has 1 amide bonds. The summed E-state index contributed by atoms with van der Waals surface area (Å²) in [5.74, 6) is 1.76. The standard InChI is InChI=1S/C22H24N4O2/c1-16(18-7-8-18)26(15-17-5-3-2-4-6-17)21(27)10-9-20-24-22(25-28-20)19-11-13-23-14-12-19/h2-6,11-14,16,18H,7-10,15H2,1H3. The molecule has 6 nitrogen and oxygen atoms in total. The first kappa shape index (κ1) is 18.3. The summed E-state index contributed by atoms with van der Waals surface area (Å²) in [6.45, 7) is 2.80. The van der Waals surface area contributed by atoms with Crippen molar-refractivity contribution in [2.75, 3.05) is 0 Å². The summed E-state index contributed by atoms with van der Waals surface area (Å²) in [5.41, 5.74) is 2.01. The third-order valence-corrected chi connectivity index (χ3v) is 5.27. The minimum Gasteiger partial charge on any atom is -0.339 e. The fourth-order valence-corrected chi connectivity index (χ4v) is 3.40. The van der Waals surface area contributed by atoms with Gasteiger partial charge in [0.2, 0.25) is 17.6 Å². The van der Waals surface area contributed by atoms with Gasteiger partial charge in [-0.3, -0.25) is 9.78 Å². The van der Waals surface area contributed by atoms with Gasteiger partial charge in [0.25, 0.3) is 0 Å². The summed E-state index contributed by atoms with van der Waals surface area (Å²) in [4.78, 5) is 23.4. The van der Waals surface area contributed by atoms with Crippen molar-refractivity contribution in [3.63, 3.8) is 0 Å². The molecule has 0 N–H and O–H groups in total. The zero-order chi connectivity index (χ0) is 19.3. The van der Waals surface area contributed by atoms with Gasteiger partial charge in [0, 0.05) is 43.4 Å². The highest BCUT2D eigenvalue weighted by Gasteiger charge is 2.34. The highest BCUT2D eigenvalue weighted by Crippen LogP contribution is 2.36. The van der Waals surface area contributed by atoms with Crippen LogP contribution in [-0.2, 0) is 17.8 Å². The third-order valence-electron chi connectivity index (χ3n) is 5.27. The average Bonchev–Trinajstić information content (AvgIpc) is 3.49. The second-order valence-electron chi connectivity index (χ2n) is 7.33. The lowest BCUT2D eigenvalue weighted by Crippen LogP contribution is -2.39. The van der Waals surface area contributed by atoms with Crippen molar-refractivity contribution in [2.24, 2.45) is 5.92 Å². The maximum absolute atomic E-state index is 13.0. The molecule has 1 atom stereocenters. The Morgan fingerprint density at radius 2 is 1.93 bits per heavy atom. The number of nitrogens with zero attached hydrogens (tertiary/aromatic N) is 4. The van der Waals surface area contributed by atoms with E-state index in [4.69, 9.17) is 4.52 Å². The molecule has 1 fully saturated rings. The smallest absolute Gasteiger partial charge is 0.227 e. The maximum atomic E-state index is 13.0. The van der Waals surface area contributed by atoms with Crippen LogP contribution in [0.4, 0.5) is 0 Å². The first-order valence-electron chi connectivity index (χ1n) is 9.77. The topological polar surface area (TPSA) is 72.1 Å². The van der Waals surface area contributed by atoms with Crippen molar-refractivity contribution in [2.45, 2.75) is 45.2 Å². The van der Waals surface area contributed by atoms with Crippen LogP contribution in [-0.4, -0.2) is 32.0 Å². The van der Waals surface area contributed by atoms with Crippen LogP contribution in [0.1, 0.15) is 37.6 Å². The van der Waals surface area contributed by atoms with Crippen molar-refractivity contribution < 1.29 is 9.32 Å². The van der Waals surface area contributed by atoms with Crippen LogP contribution < -0.4 is 0 Å². The molecule has 0 saturated heterocycles. The normalized spacial score (nSPS) is 14.6. The first-order chi connectivity index (χ1) is 13.7. The van der Waals surface area contributed by atoms with Gasteiger partial charge in [-0.15, -0.1) is 0 Å². The van der Waals surface area contributed by atoms with Crippen molar-refractivity contribution in [3.05, 3.63) is 66.3 Å². The summed E-state index contributed by atoms with van der Waals surface area (Å²) in [6.07, 6.45) is 6.60. The minimum atomic E-state index is 0.131. The molecule has 0 aliphatic heterocycles. The summed E-state index contributed by atoms with van der Waals surface area (Å²) in [5, 5.41) is 4.01. The Bertz CT molecular complexity index is 907. The molecule has 1 aliphatic carbocycles. The van der Waals surface area contributed by atoms with E-state index in [1.165, 1.54) is 12.8 Å². The molecule has 1 unspecified atom stereocenters. The van der Waals surface area contributed by atoms with Crippen molar-refractivity contribution in [1.82, 2.24) is 20.0 Å². The lowest BCUT2D eigenvalue weighted by molar-refractivity contribution is -0.134. The number of hydrogen-bond donors (Lipinski definition) is 0. The lowest BCUT2D eigenvalue weighted by atomic mass is 10.1. The van der Waals surface area contributed by atoms with E-state index in [0.29, 0.717) is 37.0 Å². The zero-order valence-electron chi connectivity index (χ0n) is 16.0. The molecule has 1 aliphatic rings. The molecule has 2 heterocycles. The van der Waals surface area contributed by atoms with Crippen molar-refractivity contribution in [3.8, 4) is 11.4 Å². The van der Waals surface area contributed by atoms with Crippen LogP contribution >= 0.6 is 0 Å². The van der Waals surface area contributed by atoms with Gasteiger partial charge in [-0.05, 0) is 43.4 Å². The van der Waals surface area contributed by atoms with Gasteiger partial charge >= 0.3 is 0 Å². The summed E-state index contributed by atoms with van der Waals surface area (Å²) in [7, 11) is 0. The second kappa shape index (κ2) is 8.33. The quantitative estimate of drug-likeness (QED) is 0.596. The lowest BCUT2D eigenvalue weighted by Gasteiger charge is -2.29. The van der Waals surface area contributed by atoms with E-state index in [-0.39, 0.29) is 11.9 Å². The molecular weight excluding hydrogens is 352 g/mol. The highest BCUT2D eigenvalue weighted by molar-refractivity contribution is 5.76. The van der Waals surface area contributed by atoms with E-state index in [9.17, 15) is 4.79 Å². The van der Waals surface area contributed by atoms with Gasteiger partial charge in [-0.1, -0.05) is 35.5 Å². The minimum absolute atomic E-state index is 0.131. The molecule has 28 heavy (non-hydrogen) atoms.